The van der Waals surface area contributed by atoms with Gasteiger partial charge in [0.15, 0.2) is 0 Å². The number of benzene rings is 1. The van der Waals surface area contributed by atoms with Crippen molar-refractivity contribution in [3.8, 4) is 17.0 Å². The number of rotatable bonds is 4. The van der Waals surface area contributed by atoms with Crippen molar-refractivity contribution >= 4 is 11.5 Å². The number of hydrogen-bond acceptors (Lipinski definition) is 3. The van der Waals surface area contributed by atoms with Crippen molar-refractivity contribution in [1.82, 2.24) is 9.38 Å². The minimum atomic E-state index is 0.515. The number of anilines is 1. The number of methoxy groups -OCH3 is 1. The third kappa shape index (κ3) is 2.97. The van der Waals surface area contributed by atoms with Crippen LogP contribution in [0.2, 0.25) is 0 Å². The van der Waals surface area contributed by atoms with E-state index in [0.29, 0.717) is 6.04 Å². The summed E-state index contributed by atoms with van der Waals surface area (Å²) in [7, 11) is 1.72. The van der Waals surface area contributed by atoms with Crippen molar-refractivity contribution in [2.24, 2.45) is 0 Å². The zero-order valence-corrected chi connectivity index (χ0v) is 15.0. The van der Waals surface area contributed by atoms with Gasteiger partial charge in [-0.05, 0) is 44.0 Å². The fourth-order valence-electron chi connectivity index (χ4n) is 3.86. The van der Waals surface area contributed by atoms with Crippen LogP contribution < -0.4 is 10.1 Å². The van der Waals surface area contributed by atoms with Gasteiger partial charge in [-0.15, -0.1) is 0 Å². The van der Waals surface area contributed by atoms with E-state index in [9.17, 15) is 0 Å². The van der Waals surface area contributed by atoms with Crippen LogP contribution in [-0.4, -0.2) is 22.5 Å². The summed E-state index contributed by atoms with van der Waals surface area (Å²) in [6.45, 7) is 2.13. The van der Waals surface area contributed by atoms with Crippen LogP contribution >= 0.6 is 0 Å². The molecule has 1 aliphatic carbocycles. The van der Waals surface area contributed by atoms with Gasteiger partial charge in [0, 0.05) is 17.3 Å². The Balaban J connectivity index is 1.88. The molecule has 1 aliphatic rings. The first-order valence-corrected chi connectivity index (χ1v) is 9.16. The maximum Gasteiger partial charge on any atom is 0.139 e. The molecular formula is C21H25N3O. The number of pyridine rings is 1. The Morgan fingerprint density at radius 2 is 1.84 bits per heavy atom. The number of ether oxygens (including phenoxy) is 1. The van der Waals surface area contributed by atoms with Crippen molar-refractivity contribution in [3.63, 3.8) is 0 Å². The molecule has 1 saturated carbocycles. The number of aromatic nitrogens is 2. The van der Waals surface area contributed by atoms with Crippen LogP contribution in [0.5, 0.6) is 5.75 Å². The third-order valence-corrected chi connectivity index (χ3v) is 5.15. The molecule has 0 bridgehead atoms. The second-order valence-corrected chi connectivity index (χ2v) is 6.85. The normalized spacial score (nSPS) is 15.4. The molecule has 0 spiro atoms. The van der Waals surface area contributed by atoms with Crippen LogP contribution in [0.1, 0.15) is 37.8 Å². The maximum absolute atomic E-state index is 5.59. The molecule has 1 fully saturated rings. The van der Waals surface area contributed by atoms with Gasteiger partial charge in [0.2, 0.25) is 0 Å². The number of nitrogens with zero attached hydrogens (tertiary/aromatic N) is 2. The smallest absolute Gasteiger partial charge is 0.139 e. The minimum absolute atomic E-state index is 0.515. The molecule has 0 amide bonds. The molecule has 1 aromatic carbocycles. The summed E-state index contributed by atoms with van der Waals surface area (Å²) in [6, 6.07) is 14.9. The molecule has 0 aliphatic heterocycles. The second-order valence-electron chi connectivity index (χ2n) is 6.85. The fourth-order valence-corrected chi connectivity index (χ4v) is 3.86. The van der Waals surface area contributed by atoms with Crippen LogP contribution in [0, 0.1) is 6.92 Å². The second kappa shape index (κ2) is 6.79. The summed E-state index contributed by atoms with van der Waals surface area (Å²) >= 11 is 0. The van der Waals surface area contributed by atoms with Crippen molar-refractivity contribution in [2.45, 2.75) is 45.1 Å². The molecule has 4 heteroatoms. The van der Waals surface area contributed by atoms with Crippen molar-refractivity contribution in [3.05, 3.63) is 48.2 Å². The zero-order chi connectivity index (χ0) is 17.2. The first-order valence-electron chi connectivity index (χ1n) is 9.16. The van der Waals surface area contributed by atoms with Crippen LogP contribution in [-0.2, 0) is 0 Å². The summed E-state index contributed by atoms with van der Waals surface area (Å²) in [6.07, 6.45) is 6.41. The summed E-state index contributed by atoms with van der Waals surface area (Å²) in [4.78, 5) is 4.94. The fraction of sp³-hybridized carbons (Fsp3) is 0.381. The molecule has 0 radical (unpaired) electrons. The predicted molar refractivity (Wildman–Crippen MR) is 102 cm³/mol. The van der Waals surface area contributed by atoms with Gasteiger partial charge >= 0.3 is 0 Å². The Hall–Kier alpha value is -2.49. The maximum atomic E-state index is 5.59. The summed E-state index contributed by atoms with van der Waals surface area (Å²) in [5.74, 6) is 1.94. The topological polar surface area (TPSA) is 38.6 Å². The van der Waals surface area contributed by atoms with Crippen molar-refractivity contribution < 1.29 is 4.74 Å². The first kappa shape index (κ1) is 16.0. The highest BCUT2D eigenvalue weighted by atomic mass is 16.5. The molecule has 1 N–H and O–H groups in total. The lowest BCUT2D eigenvalue weighted by Gasteiger charge is -2.24. The van der Waals surface area contributed by atoms with E-state index in [1.54, 1.807) is 7.11 Å². The SMILES string of the molecule is COc1ccccc1-c1nc2cccc(C)n2c1NC1CCCCC1. The summed E-state index contributed by atoms with van der Waals surface area (Å²) in [5, 5.41) is 3.81. The molecule has 2 heterocycles. The van der Waals surface area contributed by atoms with Gasteiger partial charge in [0.1, 0.15) is 22.9 Å². The molecule has 0 saturated heterocycles. The Kier molecular flexibility index (Phi) is 4.35. The van der Waals surface area contributed by atoms with E-state index in [1.807, 2.05) is 18.2 Å². The average Bonchev–Trinajstić information content (AvgIpc) is 3.02. The third-order valence-electron chi connectivity index (χ3n) is 5.15. The van der Waals surface area contributed by atoms with E-state index in [2.05, 4.69) is 40.9 Å². The average molecular weight is 335 g/mol. The highest BCUT2D eigenvalue weighted by Crippen LogP contribution is 2.36. The van der Waals surface area contributed by atoms with Gasteiger partial charge < -0.3 is 10.1 Å². The first-order chi connectivity index (χ1) is 12.3. The van der Waals surface area contributed by atoms with Crippen LogP contribution in [0.15, 0.2) is 42.5 Å². The molecule has 25 heavy (non-hydrogen) atoms. The number of imidazole rings is 1. The van der Waals surface area contributed by atoms with Gasteiger partial charge in [-0.1, -0.05) is 37.5 Å². The van der Waals surface area contributed by atoms with E-state index in [1.165, 1.54) is 37.8 Å². The van der Waals surface area contributed by atoms with E-state index in [0.717, 1.165) is 28.5 Å². The number of para-hydroxylation sites is 1. The van der Waals surface area contributed by atoms with Gasteiger partial charge in [0.05, 0.1) is 7.11 Å². The predicted octanol–water partition coefficient (Wildman–Crippen LogP) is 5.06. The van der Waals surface area contributed by atoms with Crippen LogP contribution in [0.4, 0.5) is 5.82 Å². The van der Waals surface area contributed by atoms with Gasteiger partial charge in [0.25, 0.3) is 0 Å². The number of hydrogen-bond donors (Lipinski definition) is 1. The summed E-state index contributed by atoms with van der Waals surface area (Å²) in [5.41, 5.74) is 4.16. The zero-order valence-electron chi connectivity index (χ0n) is 15.0. The molecule has 4 rings (SSSR count). The Morgan fingerprint density at radius 1 is 1.04 bits per heavy atom. The molecule has 0 atom stereocenters. The quantitative estimate of drug-likeness (QED) is 0.724. The molecule has 130 valence electrons. The molecule has 2 aromatic heterocycles. The Morgan fingerprint density at radius 3 is 2.64 bits per heavy atom. The van der Waals surface area contributed by atoms with Crippen LogP contribution in [0.25, 0.3) is 16.9 Å². The number of aryl methyl sites for hydroxylation is 1. The molecule has 0 unspecified atom stereocenters. The minimum Gasteiger partial charge on any atom is -0.496 e. The van der Waals surface area contributed by atoms with Gasteiger partial charge in [-0.2, -0.15) is 0 Å². The van der Waals surface area contributed by atoms with Crippen molar-refractivity contribution in [2.75, 3.05) is 12.4 Å². The van der Waals surface area contributed by atoms with E-state index in [4.69, 9.17) is 9.72 Å². The highest BCUT2D eigenvalue weighted by Gasteiger charge is 2.21. The van der Waals surface area contributed by atoms with E-state index < -0.39 is 0 Å². The lowest BCUT2D eigenvalue weighted by atomic mass is 9.95. The highest BCUT2D eigenvalue weighted by molar-refractivity contribution is 5.80. The lowest BCUT2D eigenvalue weighted by Crippen LogP contribution is -2.23. The monoisotopic (exact) mass is 335 g/mol. The standard InChI is InChI=1S/C21H25N3O/c1-15-9-8-14-19-23-20(17-12-6-7-13-18(17)25-2)21(24(15)19)22-16-10-4-3-5-11-16/h6-9,12-14,16,22H,3-5,10-11H2,1-2H3. The Labute approximate surface area is 148 Å². The largest absolute Gasteiger partial charge is 0.496 e. The molecule has 4 nitrogen and oxygen atoms in total. The molecule has 3 aromatic rings. The van der Waals surface area contributed by atoms with Gasteiger partial charge in [-0.3, -0.25) is 4.40 Å². The lowest BCUT2D eigenvalue weighted by molar-refractivity contribution is 0.416. The van der Waals surface area contributed by atoms with E-state index >= 15 is 0 Å². The summed E-state index contributed by atoms with van der Waals surface area (Å²) < 4.78 is 7.83. The van der Waals surface area contributed by atoms with Crippen LogP contribution in [0.3, 0.4) is 0 Å². The van der Waals surface area contributed by atoms with Crippen molar-refractivity contribution in [1.29, 1.82) is 0 Å². The van der Waals surface area contributed by atoms with Gasteiger partial charge in [-0.25, -0.2) is 4.98 Å². The number of nitrogens with one attached hydrogen (secondary N) is 1. The molecular weight excluding hydrogens is 310 g/mol. The number of fused-ring (bicyclic) bond motifs is 1. The Bertz CT molecular complexity index is 878. The van der Waals surface area contributed by atoms with E-state index in [-0.39, 0.29) is 0 Å².